The average Bonchev–Trinajstić information content (AvgIpc) is 2.85. The first-order chi connectivity index (χ1) is 13.2. The Hall–Kier alpha value is -2.90. The van der Waals surface area contributed by atoms with E-state index in [9.17, 15) is 19.2 Å². The van der Waals surface area contributed by atoms with E-state index >= 15 is 0 Å². The van der Waals surface area contributed by atoms with Gasteiger partial charge in [-0.05, 0) is 43.4 Å². The number of amides is 5. The van der Waals surface area contributed by atoms with Gasteiger partial charge in [0.05, 0.1) is 0 Å². The Bertz CT molecular complexity index is 837. The molecule has 3 rings (SSSR count). The van der Waals surface area contributed by atoms with Crippen molar-refractivity contribution in [2.24, 2.45) is 5.92 Å². The predicted octanol–water partition coefficient (Wildman–Crippen LogP) is 2.39. The van der Waals surface area contributed by atoms with Gasteiger partial charge in [-0.15, -0.1) is 0 Å². The number of nitrogens with one attached hydrogen (secondary N) is 3. The van der Waals surface area contributed by atoms with E-state index in [1.54, 1.807) is 18.2 Å². The Morgan fingerprint density at radius 2 is 2.00 bits per heavy atom. The Morgan fingerprint density at radius 3 is 2.68 bits per heavy atom. The van der Waals surface area contributed by atoms with E-state index in [4.69, 9.17) is 0 Å². The van der Waals surface area contributed by atoms with Gasteiger partial charge in [-0.1, -0.05) is 25.8 Å². The van der Waals surface area contributed by atoms with Crippen molar-refractivity contribution in [3.05, 3.63) is 23.8 Å². The first kappa shape index (κ1) is 19.9. The van der Waals surface area contributed by atoms with Crippen molar-refractivity contribution in [1.29, 1.82) is 0 Å². The van der Waals surface area contributed by atoms with Crippen molar-refractivity contribution < 1.29 is 19.2 Å². The van der Waals surface area contributed by atoms with Crippen molar-refractivity contribution in [2.75, 3.05) is 17.2 Å². The Labute approximate surface area is 164 Å². The molecule has 1 aliphatic heterocycles. The van der Waals surface area contributed by atoms with E-state index in [1.165, 1.54) is 6.92 Å². The van der Waals surface area contributed by atoms with Gasteiger partial charge in [0, 0.05) is 18.3 Å². The lowest BCUT2D eigenvalue weighted by molar-refractivity contribution is -0.136. The van der Waals surface area contributed by atoms with Gasteiger partial charge in [-0.25, -0.2) is 4.79 Å². The number of aryl methyl sites for hydroxylation is 1. The first-order valence-electron chi connectivity index (χ1n) is 9.55. The van der Waals surface area contributed by atoms with Gasteiger partial charge in [-0.3, -0.25) is 19.3 Å². The van der Waals surface area contributed by atoms with Crippen LogP contribution in [0.15, 0.2) is 18.2 Å². The minimum atomic E-state index is -0.878. The molecule has 2 atom stereocenters. The summed E-state index contributed by atoms with van der Waals surface area (Å²) in [6.07, 6.45) is 3.40. The molecule has 8 nitrogen and oxygen atoms in total. The molecule has 1 aromatic carbocycles. The number of nitrogens with zero attached hydrogens (tertiary/aromatic N) is 1. The highest BCUT2D eigenvalue weighted by Crippen LogP contribution is 2.38. The molecule has 0 radical (unpaired) electrons. The van der Waals surface area contributed by atoms with Crippen LogP contribution in [0.3, 0.4) is 0 Å². The quantitative estimate of drug-likeness (QED) is 0.691. The van der Waals surface area contributed by atoms with Crippen molar-refractivity contribution in [2.45, 2.75) is 52.0 Å². The van der Waals surface area contributed by atoms with E-state index in [-0.39, 0.29) is 24.3 Å². The predicted molar refractivity (Wildman–Crippen MR) is 105 cm³/mol. The summed E-state index contributed by atoms with van der Waals surface area (Å²) in [5.41, 5.74) is 0.996. The number of carbonyl (C=O) groups excluding carboxylic acids is 4. The third-order valence-corrected chi connectivity index (χ3v) is 5.64. The van der Waals surface area contributed by atoms with E-state index < -0.39 is 17.5 Å². The maximum absolute atomic E-state index is 12.9. The van der Waals surface area contributed by atoms with Crippen LogP contribution in [0, 0.1) is 12.8 Å². The minimum Gasteiger partial charge on any atom is -0.326 e. The Balaban J connectivity index is 1.71. The van der Waals surface area contributed by atoms with Crippen molar-refractivity contribution in [3.63, 3.8) is 0 Å². The number of carbonyl (C=O) groups is 4. The largest absolute Gasteiger partial charge is 0.326 e. The lowest BCUT2D eigenvalue weighted by atomic mass is 9.73. The van der Waals surface area contributed by atoms with Gasteiger partial charge >= 0.3 is 6.03 Å². The summed E-state index contributed by atoms with van der Waals surface area (Å²) < 4.78 is 0. The molecule has 28 heavy (non-hydrogen) atoms. The van der Waals surface area contributed by atoms with Gasteiger partial charge in [0.25, 0.3) is 5.91 Å². The number of imide groups is 1. The summed E-state index contributed by atoms with van der Waals surface area (Å²) in [6.45, 7) is 4.85. The second-order valence-electron chi connectivity index (χ2n) is 7.70. The van der Waals surface area contributed by atoms with Crippen LogP contribution in [0.25, 0.3) is 0 Å². The number of benzene rings is 1. The fourth-order valence-corrected chi connectivity index (χ4v) is 4.01. The second-order valence-corrected chi connectivity index (χ2v) is 7.70. The van der Waals surface area contributed by atoms with Gasteiger partial charge in [0.2, 0.25) is 11.8 Å². The highest BCUT2D eigenvalue weighted by atomic mass is 16.2. The summed E-state index contributed by atoms with van der Waals surface area (Å²) >= 11 is 0. The van der Waals surface area contributed by atoms with E-state index in [2.05, 4.69) is 16.0 Å². The number of anilines is 2. The third kappa shape index (κ3) is 3.72. The molecule has 3 N–H and O–H groups in total. The molecule has 1 heterocycles. The molecular weight excluding hydrogens is 360 g/mol. The zero-order chi connectivity index (χ0) is 20.5. The van der Waals surface area contributed by atoms with Crippen LogP contribution in [0.4, 0.5) is 16.2 Å². The number of rotatable bonds is 4. The van der Waals surface area contributed by atoms with E-state index in [0.29, 0.717) is 17.8 Å². The summed E-state index contributed by atoms with van der Waals surface area (Å²) in [7, 11) is 0. The highest BCUT2D eigenvalue weighted by Gasteiger charge is 2.55. The number of hydrogen-bond acceptors (Lipinski definition) is 4. The normalized spacial score (nSPS) is 24.2. The van der Waals surface area contributed by atoms with Crippen molar-refractivity contribution >= 4 is 35.1 Å². The summed E-state index contributed by atoms with van der Waals surface area (Å²) in [5.74, 6) is -0.953. The molecule has 1 saturated heterocycles. The molecule has 5 amide bonds. The second kappa shape index (κ2) is 7.61. The molecule has 150 valence electrons. The van der Waals surface area contributed by atoms with Crippen LogP contribution < -0.4 is 16.0 Å². The molecule has 1 saturated carbocycles. The zero-order valence-electron chi connectivity index (χ0n) is 16.4. The standard InChI is InChI=1S/C20H26N4O4/c1-12-7-8-15(21-14(3)25)10-16(12)22-17(26)11-24-18(27)20(23-19(24)28)9-5-4-6-13(20)2/h7-8,10,13H,4-6,9,11H2,1-3H3,(H,21,25)(H,22,26)(H,23,28). The zero-order valence-corrected chi connectivity index (χ0v) is 16.4. The first-order valence-corrected chi connectivity index (χ1v) is 9.55. The molecular formula is C20H26N4O4. The molecule has 1 aromatic rings. The summed E-state index contributed by atoms with van der Waals surface area (Å²) in [4.78, 5) is 50.1. The van der Waals surface area contributed by atoms with Crippen LogP contribution in [0.1, 0.15) is 45.1 Å². The highest BCUT2D eigenvalue weighted by molar-refractivity contribution is 6.10. The Morgan fingerprint density at radius 1 is 1.25 bits per heavy atom. The van der Waals surface area contributed by atoms with Crippen LogP contribution in [-0.4, -0.2) is 40.7 Å². The van der Waals surface area contributed by atoms with E-state index in [1.807, 2.05) is 13.8 Å². The Kier molecular flexibility index (Phi) is 5.40. The summed E-state index contributed by atoms with van der Waals surface area (Å²) in [6, 6.07) is 4.63. The van der Waals surface area contributed by atoms with Gasteiger partial charge in [0.1, 0.15) is 12.1 Å². The fourth-order valence-electron chi connectivity index (χ4n) is 4.01. The average molecular weight is 386 g/mol. The molecule has 1 spiro atoms. The van der Waals surface area contributed by atoms with Crippen LogP contribution in [-0.2, 0) is 14.4 Å². The topological polar surface area (TPSA) is 108 Å². The lowest BCUT2D eigenvalue weighted by Crippen LogP contribution is -2.54. The smallest absolute Gasteiger partial charge is 0.325 e. The number of urea groups is 1. The molecule has 2 unspecified atom stereocenters. The fraction of sp³-hybridized carbons (Fsp3) is 0.500. The van der Waals surface area contributed by atoms with Crippen LogP contribution >= 0.6 is 0 Å². The molecule has 1 aliphatic carbocycles. The lowest BCUT2D eigenvalue weighted by Gasteiger charge is -2.36. The van der Waals surface area contributed by atoms with Gasteiger partial charge < -0.3 is 16.0 Å². The van der Waals surface area contributed by atoms with Crippen LogP contribution in [0.2, 0.25) is 0 Å². The maximum atomic E-state index is 12.9. The maximum Gasteiger partial charge on any atom is 0.325 e. The molecule has 2 fully saturated rings. The SMILES string of the molecule is CC(=O)Nc1ccc(C)c(NC(=O)CN2C(=O)NC3(CCCCC3C)C2=O)c1. The molecule has 0 aromatic heterocycles. The van der Waals surface area contributed by atoms with Crippen molar-refractivity contribution in [1.82, 2.24) is 10.2 Å². The van der Waals surface area contributed by atoms with Gasteiger partial charge in [-0.2, -0.15) is 0 Å². The molecule has 0 bridgehead atoms. The molecule has 2 aliphatic rings. The molecule has 8 heteroatoms. The minimum absolute atomic E-state index is 0.0438. The number of hydrogen-bond donors (Lipinski definition) is 3. The monoisotopic (exact) mass is 386 g/mol. The van der Waals surface area contributed by atoms with Gasteiger partial charge in [0.15, 0.2) is 0 Å². The van der Waals surface area contributed by atoms with Crippen molar-refractivity contribution in [3.8, 4) is 0 Å². The third-order valence-electron chi connectivity index (χ3n) is 5.64. The van der Waals surface area contributed by atoms with Crippen LogP contribution in [0.5, 0.6) is 0 Å². The van der Waals surface area contributed by atoms with E-state index in [0.717, 1.165) is 29.7 Å². The summed E-state index contributed by atoms with van der Waals surface area (Å²) in [5, 5.41) is 8.23.